The first-order chi connectivity index (χ1) is 13.3. The molecule has 10 heteroatoms. The summed E-state index contributed by atoms with van der Waals surface area (Å²) in [6.45, 7) is 1.78. The molecule has 0 saturated heterocycles. The van der Waals surface area contributed by atoms with Gasteiger partial charge >= 0.3 is 11.7 Å². The van der Waals surface area contributed by atoms with Crippen LogP contribution in [0.1, 0.15) is 25.1 Å². The van der Waals surface area contributed by atoms with E-state index < -0.39 is 41.2 Å². The molecule has 1 unspecified atom stereocenters. The molecule has 2 aromatic rings. The predicted octanol–water partition coefficient (Wildman–Crippen LogP) is -0.186. The average Bonchev–Trinajstić information content (AvgIpc) is 2.67. The first-order valence-electron chi connectivity index (χ1n) is 8.61. The lowest BCUT2D eigenvalue weighted by molar-refractivity contribution is -0.151. The van der Waals surface area contributed by atoms with Crippen LogP contribution in [0.15, 0.2) is 46.1 Å². The summed E-state index contributed by atoms with van der Waals surface area (Å²) in [7, 11) is 0. The largest absolute Gasteiger partial charge is 0.463 e. The molecule has 0 aliphatic rings. The number of carbonyl (C=O) groups is 2. The zero-order valence-corrected chi connectivity index (χ0v) is 15.2. The number of halogens is 1. The monoisotopic (exact) mass is 392 g/mol. The van der Waals surface area contributed by atoms with Crippen molar-refractivity contribution in [1.82, 2.24) is 14.9 Å². The van der Waals surface area contributed by atoms with Gasteiger partial charge in [0.15, 0.2) is 0 Å². The zero-order chi connectivity index (χ0) is 20.7. The highest BCUT2D eigenvalue weighted by Crippen LogP contribution is 2.06. The summed E-state index contributed by atoms with van der Waals surface area (Å²) in [5, 5.41) is 2.29. The van der Waals surface area contributed by atoms with Gasteiger partial charge in [-0.05, 0) is 18.4 Å². The number of hydrogen-bond acceptors (Lipinski definition) is 6. The fourth-order valence-electron chi connectivity index (χ4n) is 2.38. The highest BCUT2D eigenvalue weighted by atomic mass is 19.1. The minimum atomic E-state index is -1.68. The van der Waals surface area contributed by atoms with Crippen LogP contribution in [0.4, 0.5) is 4.39 Å². The van der Waals surface area contributed by atoms with Crippen molar-refractivity contribution in [2.45, 2.75) is 32.0 Å². The normalized spacial score (nSPS) is 12.8. The first-order valence-corrected chi connectivity index (χ1v) is 8.61. The quantitative estimate of drug-likeness (QED) is 0.533. The second-order valence-corrected chi connectivity index (χ2v) is 6.02. The number of amides is 1. The molecule has 1 aromatic heterocycles. The van der Waals surface area contributed by atoms with Gasteiger partial charge in [-0.3, -0.25) is 19.1 Å². The number of aromatic amines is 1. The highest BCUT2D eigenvalue weighted by molar-refractivity contribution is 5.86. The summed E-state index contributed by atoms with van der Waals surface area (Å²) < 4.78 is 19.1. The number of hydrogen-bond donors (Lipinski definition) is 3. The topological polar surface area (TPSA) is 136 Å². The highest BCUT2D eigenvalue weighted by Gasteiger charge is 2.28. The molecule has 4 N–H and O–H groups in total. The summed E-state index contributed by atoms with van der Waals surface area (Å²) in [4.78, 5) is 49.7. The number of carbonyl (C=O) groups excluding carboxylic acids is 2. The Morgan fingerprint density at radius 3 is 2.61 bits per heavy atom. The summed E-state index contributed by atoms with van der Waals surface area (Å²) in [5.41, 5.74) is 4.36. The SMILES string of the molecule is CCCOC(=O)C(NC(=O)[C@@H](N)Cc1ccccc1)n1cc(F)c(=O)[nH]c1=O. The molecule has 0 aliphatic carbocycles. The fraction of sp³-hybridized carbons (Fsp3) is 0.333. The van der Waals surface area contributed by atoms with Gasteiger partial charge in [0.25, 0.3) is 5.56 Å². The van der Waals surface area contributed by atoms with Crippen molar-refractivity contribution >= 4 is 11.9 Å². The molecule has 2 atom stereocenters. The van der Waals surface area contributed by atoms with Gasteiger partial charge in [0.1, 0.15) is 0 Å². The number of benzene rings is 1. The van der Waals surface area contributed by atoms with E-state index in [4.69, 9.17) is 10.5 Å². The van der Waals surface area contributed by atoms with Crippen LogP contribution in [0.3, 0.4) is 0 Å². The predicted molar refractivity (Wildman–Crippen MR) is 97.8 cm³/mol. The van der Waals surface area contributed by atoms with E-state index in [9.17, 15) is 23.6 Å². The summed E-state index contributed by atoms with van der Waals surface area (Å²) in [6, 6.07) is 7.91. The Bertz CT molecular complexity index is 941. The van der Waals surface area contributed by atoms with Gasteiger partial charge in [-0.25, -0.2) is 9.59 Å². The van der Waals surface area contributed by atoms with Crippen LogP contribution in [0.25, 0.3) is 0 Å². The Balaban J connectivity index is 2.25. The standard InChI is InChI=1S/C18H21FN4O5/c1-2-8-28-17(26)14(23-10-12(19)15(24)22-18(23)27)21-16(25)13(20)9-11-6-4-3-5-7-11/h3-7,10,13-14H,2,8-9,20H2,1H3,(H,21,25)(H,22,24,27)/t13-,14?/m0/s1. The van der Waals surface area contributed by atoms with Crippen LogP contribution in [0, 0.1) is 5.82 Å². The molecular weight excluding hydrogens is 371 g/mol. The van der Waals surface area contributed by atoms with Crippen LogP contribution in [-0.4, -0.2) is 34.1 Å². The lowest BCUT2D eigenvalue weighted by atomic mass is 10.1. The molecule has 1 heterocycles. The van der Waals surface area contributed by atoms with Crippen molar-refractivity contribution in [3.63, 3.8) is 0 Å². The van der Waals surface area contributed by atoms with Crippen LogP contribution in [0.5, 0.6) is 0 Å². The molecule has 9 nitrogen and oxygen atoms in total. The minimum Gasteiger partial charge on any atom is -0.463 e. The van der Waals surface area contributed by atoms with Crippen LogP contribution >= 0.6 is 0 Å². The second-order valence-electron chi connectivity index (χ2n) is 6.02. The maximum Gasteiger partial charge on any atom is 0.350 e. The molecule has 0 bridgehead atoms. The molecule has 0 radical (unpaired) electrons. The third-order valence-corrected chi connectivity index (χ3v) is 3.79. The van der Waals surface area contributed by atoms with Crippen LogP contribution < -0.4 is 22.3 Å². The fourth-order valence-corrected chi connectivity index (χ4v) is 2.38. The molecule has 0 spiro atoms. The number of nitrogens with one attached hydrogen (secondary N) is 2. The van der Waals surface area contributed by atoms with Gasteiger partial charge in [0, 0.05) is 0 Å². The van der Waals surface area contributed by atoms with Gasteiger partial charge in [-0.2, -0.15) is 4.39 Å². The Hall–Kier alpha value is -3.27. The average molecular weight is 392 g/mol. The Kier molecular flexibility index (Phi) is 7.21. The van der Waals surface area contributed by atoms with E-state index >= 15 is 0 Å². The number of aromatic nitrogens is 2. The van der Waals surface area contributed by atoms with Gasteiger partial charge in [0.2, 0.25) is 17.9 Å². The molecular formula is C18H21FN4O5. The Morgan fingerprint density at radius 2 is 1.96 bits per heavy atom. The van der Waals surface area contributed by atoms with Crippen molar-refractivity contribution in [3.8, 4) is 0 Å². The van der Waals surface area contributed by atoms with Crippen molar-refractivity contribution in [2.75, 3.05) is 6.61 Å². The van der Waals surface area contributed by atoms with Crippen molar-refractivity contribution in [1.29, 1.82) is 0 Å². The molecule has 28 heavy (non-hydrogen) atoms. The summed E-state index contributed by atoms with van der Waals surface area (Å²) in [5.74, 6) is -3.04. The van der Waals surface area contributed by atoms with E-state index in [1.165, 1.54) is 0 Å². The Labute approximate surface area is 159 Å². The summed E-state index contributed by atoms with van der Waals surface area (Å²) in [6.07, 6.45) is -0.477. The van der Waals surface area contributed by atoms with E-state index in [-0.39, 0.29) is 13.0 Å². The van der Waals surface area contributed by atoms with Crippen LogP contribution in [-0.2, 0) is 20.7 Å². The van der Waals surface area contributed by atoms with Gasteiger partial charge in [-0.1, -0.05) is 37.3 Å². The van der Waals surface area contributed by atoms with E-state index in [1.54, 1.807) is 36.2 Å². The molecule has 150 valence electrons. The molecule has 1 amide bonds. The third-order valence-electron chi connectivity index (χ3n) is 3.79. The molecule has 0 saturated carbocycles. The Morgan fingerprint density at radius 1 is 1.29 bits per heavy atom. The van der Waals surface area contributed by atoms with Crippen molar-refractivity contribution < 1.29 is 18.7 Å². The van der Waals surface area contributed by atoms with Crippen molar-refractivity contribution in [3.05, 3.63) is 68.7 Å². The van der Waals surface area contributed by atoms with E-state index in [0.717, 1.165) is 5.56 Å². The molecule has 2 rings (SSSR count). The third kappa shape index (κ3) is 5.36. The second kappa shape index (κ2) is 9.60. The molecule has 1 aromatic carbocycles. The number of esters is 1. The van der Waals surface area contributed by atoms with E-state index in [2.05, 4.69) is 5.32 Å². The number of H-pyrrole nitrogens is 1. The number of nitrogens with two attached hydrogens (primary N) is 1. The van der Waals surface area contributed by atoms with Gasteiger partial charge in [0.05, 0.1) is 18.8 Å². The van der Waals surface area contributed by atoms with Crippen LogP contribution in [0.2, 0.25) is 0 Å². The number of ether oxygens (including phenoxy) is 1. The smallest absolute Gasteiger partial charge is 0.350 e. The molecule has 0 fully saturated rings. The maximum atomic E-state index is 13.6. The summed E-state index contributed by atoms with van der Waals surface area (Å²) >= 11 is 0. The molecule has 0 aliphatic heterocycles. The lowest BCUT2D eigenvalue weighted by Gasteiger charge is -2.21. The van der Waals surface area contributed by atoms with Crippen molar-refractivity contribution in [2.24, 2.45) is 5.73 Å². The number of nitrogens with zero attached hydrogens (tertiary/aromatic N) is 1. The first kappa shape index (κ1) is 21.0. The minimum absolute atomic E-state index is 0.0296. The van der Waals surface area contributed by atoms with E-state index in [0.29, 0.717) is 17.2 Å². The van der Waals surface area contributed by atoms with Gasteiger partial charge < -0.3 is 15.8 Å². The number of rotatable bonds is 8. The van der Waals surface area contributed by atoms with E-state index in [1.807, 2.05) is 6.07 Å². The lowest BCUT2D eigenvalue weighted by Crippen LogP contribution is -2.50. The van der Waals surface area contributed by atoms with Gasteiger partial charge in [-0.15, -0.1) is 0 Å². The zero-order valence-electron chi connectivity index (χ0n) is 15.2. The maximum absolute atomic E-state index is 13.6.